The highest BCUT2D eigenvalue weighted by Crippen LogP contribution is 2.20. The van der Waals surface area contributed by atoms with E-state index in [0.717, 1.165) is 11.3 Å². The summed E-state index contributed by atoms with van der Waals surface area (Å²) in [6.07, 6.45) is 0. The number of carbonyl (C=O) groups is 1. The summed E-state index contributed by atoms with van der Waals surface area (Å²) < 4.78 is 24.4. The summed E-state index contributed by atoms with van der Waals surface area (Å²) in [5.41, 5.74) is 1.60. The number of halogens is 1. The zero-order valence-corrected chi connectivity index (χ0v) is 15.1. The number of nitrogens with zero attached hydrogens (tertiary/aromatic N) is 2. The second kappa shape index (κ2) is 8.19. The third-order valence-corrected chi connectivity index (χ3v) is 4.56. The molecule has 0 aliphatic carbocycles. The molecule has 0 N–H and O–H groups in total. The van der Waals surface area contributed by atoms with Crippen molar-refractivity contribution in [2.24, 2.45) is 0 Å². The van der Waals surface area contributed by atoms with Gasteiger partial charge in [0.25, 0.3) is 0 Å². The lowest BCUT2D eigenvalue weighted by molar-refractivity contribution is -0.136. The molecule has 0 aromatic heterocycles. The van der Waals surface area contributed by atoms with Gasteiger partial charge in [-0.3, -0.25) is 9.69 Å². The number of rotatable bonds is 6. The second-order valence-electron chi connectivity index (χ2n) is 6.33. The maximum Gasteiger partial charge on any atom is 0.237 e. The van der Waals surface area contributed by atoms with Crippen LogP contribution in [0.4, 0.5) is 4.39 Å². The highest BCUT2D eigenvalue weighted by atomic mass is 19.1. The third kappa shape index (κ3) is 4.32. The fraction of sp³-hybridized carbons (Fsp3) is 0.350. The zero-order valence-electron chi connectivity index (χ0n) is 15.1. The summed E-state index contributed by atoms with van der Waals surface area (Å²) in [7, 11) is 3.13. The number of methoxy groups -OCH3 is 2. The Bertz CT molecular complexity index is 781. The summed E-state index contributed by atoms with van der Waals surface area (Å²) >= 11 is 0. The molecule has 5 nitrogen and oxygen atoms in total. The molecular formula is C20H23FN2O3. The van der Waals surface area contributed by atoms with E-state index in [0.29, 0.717) is 37.5 Å². The minimum absolute atomic E-state index is 0.0491. The first-order valence-corrected chi connectivity index (χ1v) is 8.54. The maximum atomic E-state index is 14.1. The molecule has 1 fully saturated rings. The van der Waals surface area contributed by atoms with Crippen molar-refractivity contribution in [3.05, 3.63) is 59.4 Å². The van der Waals surface area contributed by atoms with Crippen LogP contribution in [0, 0.1) is 5.82 Å². The Kier molecular flexibility index (Phi) is 5.73. The van der Waals surface area contributed by atoms with Crippen molar-refractivity contribution in [2.45, 2.75) is 13.1 Å². The first-order chi connectivity index (χ1) is 12.6. The molecule has 6 heteroatoms. The molecule has 0 unspecified atom stereocenters. The first kappa shape index (κ1) is 18.2. The van der Waals surface area contributed by atoms with Gasteiger partial charge >= 0.3 is 0 Å². The molecule has 26 heavy (non-hydrogen) atoms. The van der Waals surface area contributed by atoms with Crippen molar-refractivity contribution in [1.29, 1.82) is 0 Å². The van der Waals surface area contributed by atoms with E-state index in [9.17, 15) is 9.18 Å². The van der Waals surface area contributed by atoms with E-state index >= 15 is 0 Å². The highest BCUT2D eigenvalue weighted by Gasteiger charge is 2.24. The second-order valence-corrected chi connectivity index (χ2v) is 6.33. The van der Waals surface area contributed by atoms with Crippen LogP contribution >= 0.6 is 0 Å². The zero-order chi connectivity index (χ0) is 18.5. The van der Waals surface area contributed by atoms with Gasteiger partial charge in [-0.05, 0) is 23.8 Å². The van der Waals surface area contributed by atoms with Gasteiger partial charge in [-0.2, -0.15) is 0 Å². The van der Waals surface area contributed by atoms with Crippen molar-refractivity contribution >= 4 is 5.91 Å². The Balaban J connectivity index is 1.59. The van der Waals surface area contributed by atoms with Gasteiger partial charge < -0.3 is 14.4 Å². The van der Waals surface area contributed by atoms with E-state index in [2.05, 4.69) is 0 Å². The smallest absolute Gasteiger partial charge is 0.237 e. The Morgan fingerprint density at radius 1 is 1.00 bits per heavy atom. The summed E-state index contributed by atoms with van der Waals surface area (Å²) in [5, 5.41) is 0. The number of benzene rings is 2. The number of piperazine rings is 1. The quantitative estimate of drug-likeness (QED) is 0.796. The number of carbonyl (C=O) groups excluding carboxylic acids is 1. The molecule has 0 saturated carbocycles. The van der Waals surface area contributed by atoms with Gasteiger partial charge in [0.05, 0.1) is 20.8 Å². The maximum absolute atomic E-state index is 14.1. The summed E-state index contributed by atoms with van der Waals surface area (Å²) in [4.78, 5) is 16.3. The first-order valence-electron chi connectivity index (χ1n) is 8.54. The minimum atomic E-state index is -0.310. The molecule has 0 spiro atoms. The molecule has 0 bridgehead atoms. The average Bonchev–Trinajstić information content (AvgIpc) is 2.65. The van der Waals surface area contributed by atoms with Crippen molar-refractivity contribution in [1.82, 2.24) is 9.80 Å². The van der Waals surface area contributed by atoms with Gasteiger partial charge in [0.1, 0.15) is 17.3 Å². The monoisotopic (exact) mass is 358 g/mol. The van der Waals surface area contributed by atoms with E-state index < -0.39 is 0 Å². The number of hydrogen-bond donors (Lipinski definition) is 0. The summed E-state index contributed by atoms with van der Waals surface area (Å²) in [6, 6.07) is 12.5. The molecule has 1 amide bonds. The summed E-state index contributed by atoms with van der Waals surface area (Å²) in [6.45, 7) is 2.58. The average molecular weight is 358 g/mol. The van der Waals surface area contributed by atoms with Gasteiger partial charge in [0, 0.05) is 37.8 Å². The number of amides is 1. The highest BCUT2D eigenvalue weighted by molar-refractivity contribution is 5.79. The predicted molar refractivity (Wildman–Crippen MR) is 96.6 cm³/mol. The van der Waals surface area contributed by atoms with Gasteiger partial charge in [-0.25, -0.2) is 4.39 Å². The number of hydrogen-bond acceptors (Lipinski definition) is 4. The predicted octanol–water partition coefficient (Wildman–Crippen LogP) is 2.69. The molecule has 2 aromatic rings. The fourth-order valence-corrected chi connectivity index (χ4v) is 3.07. The molecule has 1 saturated heterocycles. The molecular weight excluding hydrogens is 335 g/mol. The van der Waals surface area contributed by atoms with Crippen LogP contribution in [-0.4, -0.2) is 49.6 Å². The van der Waals surface area contributed by atoms with Crippen LogP contribution in [0.1, 0.15) is 11.1 Å². The van der Waals surface area contributed by atoms with Crippen LogP contribution in [0.5, 0.6) is 11.5 Å². The molecule has 1 aliphatic heterocycles. The van der Waals surface area contributed by atoms with Crippen LogP contribution in [0.15, 0.2) is 42.5 Å². The van der Waals surface area contributed by atoms with Crippen molar-refractivity contribution in [3.8, 4) is 11.5 Å². The van der Waals surface area contributed by atoms with Gasteiger partial charge in [-0.1, -0.05) is 18.2 Å². The Morgan fingerprint density at radius 3 is 2.46 bits per heavy atom. The van der Waals surface area contributed by atoms with Gasteiger partial charge in [-0.15, -0.1) is 0 Å². The molecule has 0 radical (unpaired) electrons. The molecule has 3 rings (SSSR count). The normalized spacial score (nSPS) is 15.2. The van der Waals surface area contributed by atoms with Gasteiger partial charge in [0.2, 0.25) is 5.91 Å². The number of ether oxygens (including phenoxy) is 2. The SMILES string of the molecule is COc1cccc(CN2CCN(Cc3ccc(OC)cc3F)CC2=O)c1. The standard InChI is InChI=1S/C20H23FN2O3/c1-25-17-5-3-4-15(10-17)12-23-9-8-22(14-20(23)24)13-16-6-7-18(26-2)11-19(16)21/h3-7,10-11H,8-9,12-14H2,1-2H3. The molecule has 0 atom stereocenters. The van der Waals surface area contributed by atoms with E-state index in [1.165, 1.54) is 13.2 Å². The molecule has 138 valence electrons. The largest absolute Gasteiger partial charge is 0.497 e. The topological polar surface area (TPSA) is 42.0 Å². The van der Waals surface area contributed by atoms with Crippen LogP contribution in [0.25, 0.3) is 0 Å². The van der Waals surface area contributed by atoms with Crippen LogP contribution in [-0.2, 0) is 17.9 Å². The fourth-order valence-electron chi connectivity index (χ4n) is 3.07. The van der Waals surface area contributed by atoms with Crippen molar-refractivity contribution in [3.63, 3.8) is 0 Å². The third-order valence-electron chi connectivity index (χ3n) is 4.56. The minimum Gasteiger partial charge on any atom is -0.497 e. The van der Waals surface area contributed by atoms with E-state index in [1.54, 1.807) is 19.2 Å². The lowest BCUT2D eigenvalue weighted by Crippen LogP contribution is -2.49. The Hall–Kier alpha value is -2.60. The van der Waals surface area contributed by atoms with Crippen LogP contribution < -0.4 is 9.47 Å². The van der Waals surface area contributed by atoms with E-state index in [4.69, 9.17) is 9.47 Å². The van der Waals surface area contributed by atoms with E-state index in [-0.39, 0.29) is 18.3 Å². The lowest BCUT2D eigenvalue weighted by atomic mass is 10.1. The lowest BCUT2D eigenvalue weighted by Gasteiger charge is -2.34. The van der Waals surface area contributed by atoms with Crippen molar-refractivity contribution in [2.75, 3.05) is 33.9 Å². The van der Waals surface area contributed by atoms with Gasteiger partial charge in [0.15, 0.2) is 0 Å². The Morgan fingerprint density at radius 2 is 1.77 bits per heavy atom. The molecule has 1 aliphatic rings. The molecule has 2 aromatic carbocycles. The van der Waals surface area contributed by atoms with E-state index in [1.807, 2.05) is 34.1 Å². The Labute approximate surface area is 152 Å². The van der Waals surface area contributed by atoms with Crippen LogP contribution in [0.3, 0.4) is 0 Å². The van der Waals surface area contributed by atoms with Crippen LogP contribution in [0.2, 0.25) is 0 Å². The summed E-state index contributed by atoms with van der Waals surface area (Å²) in [5.74, 6) is 1.01. The molecule has 1 heterocycles. The van der Waals surface area contributed by atoms with Crippen molar-refractivity contribution < 1.29 is 18.7 Å².